The van der Waals surface area contributed by atoms with Crippen LogP contribution in [0.1, 0.15) is 52.5 Å². The number of nitrogens with one attached hydrogen (secondary N) is 1. The molecule has 2 aliphatic heterocycles. The van der Waals surface area contributed by atoms with Gasteiger partial charge < -0.3 is 10.4 Å². The summed E-state index contributed by atoms with van der Waals surface area (Å²) in [7, 11) is 0. The first-order valence-electron chi connectivity index (χ1n) is 11.1. The fraction of sp³-hybridized carbons (Fsp3) is 0.458. The van der Waals surface area contributed by atoms with E-state index in [1.165, 1.54) is 0 Å². The topological polar surface area (TPSA) is 124 Å². The average Bonchev–Trinajstić information content (AvgIpc) is 2.76. The van der Waals surface area contributed by atoms with Crippen molar-refractivity contribution in [1.29, 1.82) is 0 Å². The quantitative estimate of drug-likeness (QED) is 0.250. The highest BCUT2D eigenvalue weighted by Gasteiger charge is 2.54. The number of rotatable bonds is 8. The Morgan fingerprint density at radius 1 is 1.12 bits per heavy atom. The minimum absolute atomic E-state index is 0.0346. The summed E-state index contributed by atoms with van der Waals surface area (Å²) in [6.45, 7) is 6.91. The summed E-state index contributed by atoms with van der Waals surface area (Å²) in [5.41, 5.74) is 0.473. The molecule has 2 saturated heterocycles. The maximum atomic E-state index is 13.0. The van der Waals surface area contributed by atoms with Gasteiger partial charge in [-0.15, -0.1) is 0 Å². The molecule has 0 aliphatic carbocycles. The molecule has 2 atom stereocenters. The van der Waals surface area contributed by atoms with Crippen LogP contribution in [0.4, 0.5) is 0 Å². The van der Waals surface area contributed by atoms with Crippen molar-refractivity contribution in [1.82, 2.24) is 14.5 Å². The summed E-state index contributed by atoms with van der Waals surface area (Å²) in [6.07, 6.45) is 1.04. The van der Waals surface area contributed by atoms with E-state index < -0.39 is 46.4 Å². The number of carboxylic acids is 1. The Hall–Kier alpha value is -3.14. The third kappa shape index (κ3) is 5.16. The second-order valence-electron chi connectivity index (χ2n) is 9.17. The number of hydrogen-bond donors (Lipinski definition) is 2. The molecule has 1 aromatic rings. The van der Waals surface area contributed by atoms with E-state index in [0.29, 0.717) is 12.0 Å². The normalized spacial score (nSPS) is 21.7. The van der Waals surface area contributed by atoms with Gasteiger partial charge in [-0.1, -0.05) is 44.2 Å². The van der Waals surface area contributed by atoms with E-state index in [4.69, 9.17) is 0 Å². The molecule has 4 amide bonds. The van der Waals surface area contributed by atoms with Gasteiger partial charge in [-0.25, -0.2) is 9.10 Å². The highest BCUT2D eigenvalue weighted by atomic mass is 32.2. The predicted molar refractivity (Wildman–Crippen MR) is 126 cm³/mol. The first kappa shape index (κ1) is 25.5. The van der Waals surface area contributed by atoms with Crippen molar-refractivity contribution in [3.05, 3.63) is 47.2 Å². The van der Waals surface area contributed by atoms with Crippen LogP contribution in [0, 0.1) is 5.41 Å². The Morgan fingerprint density at radius 2 is 1.71 bits per heavy atom. The van der Waals surface area contributed by atoms with Crippen molar-refractivity contribution in [3.8, 4) is 0 Å². The monoisotopic (exact) mass is 487 g/mol. The molecule has 2 aliphatic rings. The summed E-state index contributed by atoms with van der Waals surface area (Å²) >= 11 is 0.793. The number of nitrogens with zero attached hydrogens (tertiary/aromatic N) is 2. The molecular formula is C24H29N3O6S. The van der Waals surface area contributed by atoms with Crippen LogP contribution in [-0.4, -0.2) is 55.3 Å². The Bertz CT molecular complexity index is 1030. The number of β-lactam (4-membered cyclic amide) rings is 1. The maximum absolute atomic E-state index is 13.0. The highest BCUT2D eigenvalue weighted by Crippen LogP contribution is 2.42. The summed E-state index contributed by atoms with van der Waals surface area (Å²) in [4.78, 5) is 64.2. The Labute approximate surface area is 202 Å². The number of carboxylic acid groups (broad SMARTS) is 1. The largest absolute Gasteiger partial charge is 0.477 e. The maximum Gasteiger partial charge on any atom is 0.352 e. The standard InChI is InChI=1S/C24H29N3O6S/c1-5-24(4)12-17(29)27(18(30)13-24)34-22-19(21(31)26(22)20(14(2)3)23(32)33)25-16(28)11-15-9-7-6-8-10-15/h6-10,19,22H,5,11-13H2,1-4H3,(H,25,28)(H,32,33). The lowest BCUT2D eigenvalue weighted by atomic mass is 9.78. The van der Waals surface area contributed by atoms with E-state index >= 15 is 0 Å². The number of aliphatic carboxylic acids is 1. The number of allylic oxidation sites excluding steroid dienone is 1. The van der Waals surface area contributed by atoms with Gasteiger partial charge in [0.15, 0.2) is 0 Å². The van der Waals surface area contributed by atoms with Crippen LogP contribution in [0.2, 0.25) is 0 Å². The zero-order chi connectivity index (χ0) is 25.2. The predicted octanol–water partition coefficient (Wildman–Crippen LogP) is 2.47. The molecule has 10 heteroatoms. The van der Waals surface area contributed by atoms with Gasteiger partial charge in [0.25, 0.3) is 5.91 Å². The van der Waals surface area contributed by atoms with Crippen molar-refractivity contribution in [2.75, 3.05) is 0 Å². The minimum Gasteiger partial charge on any atom is -0.477 e. The number of amides is 4. The van der Waals surface area contributed by atoms with Crippen molar-refractivity contribution in [2.24, 2.45) is 5.41 Å². The van der Waals surface area contributed by atoms with Crippen molar-refractivity contribution in [2.45, 2.75) is 64.8 Å². The number of carbonyl (C=O) groups is 5. The van der Waals surface area contributed by atoms with E-state index in [1.807, 2.05) is 19.9 Å². The fourth-order valence-corrected chi connectivity index (χ4v) is 5.25. The van der Waals surface area contributed by atoms with Crippen molar-refractivity contribution in [3.63, 3.8) is 0 Å². The zero-order valence-corrected chi connectivity index (χ0v) is 20.5. The van der Waals surface area contributed by atoms with Crippen LogP contribution in [0.5, 0.6) is 0 Å². The van der Waals surface area contributed by atoms with Crippen molar-refractivity contribution >= 4 is 41.5 Å². The molecule has 0 radical (unpaired) electrons. The number of carbonyl (C=O) groups excluding carboxylic acids is 4. The Balaban J connectivity index is 1.84. The summed E-state index contributed by atoms with van der Waals surface area (Å²) in [5, 5.41) is 11.4. The van der Waals surface area contributed by atoms with Crippen LogP contribution in [0.3, 0.4) is 0 Å². The van der Waals surface area contributed by atoms with E-state index in [1.54, 1.807) is 38.1 Å². The summed E-state index contributed by atoms with van der Waals surface area (Å²) < 4.78 is 1.02. The lowest BCUT2D eigenvalue weighted by Crippen LogP contribution is -2.70. The van der Waals surface area contributed by atoms with Gasteiger partial charge >= 0.3 is 5.97 Å². The molecule has 2 heterocycles. The molecule has 2 unspecified atom stereocenters. The summed E-state index contributed by atoms with van der Waals surface area (Å²) in [5.74, 6) is -3.11. The van der Waals surface area contributed by atoms with Gasteiger partial charge in [-0.3, -0.25) is 24.1 Å². The zero-order valence-electron chi connectivity index (χ0n) is 19.7. The SMILES string of the molecule is CCC1(C)CC(=O)N(SC2C(NC(=O)Cc3ccccc3)C(=O)N2C(C(=O)O)=C(C)C)C(=O)C1. The third-order valence-electron chi connectivity index (χ3n) is 6.16. The van der Waals surface area contributed by atoms with Gasteiger partial charge in [0.1, 0.15) is 17.1 Å². The Kier molecular flexibility index (Phi) is 7.50. The van der Waals surface area contributed by atoms with E-state index in [-0.39, 0.29) is 25.0 Å². The van der Waals surface area contributed by atoms with Crippen LogP contribution < -0.4 is 5.32 Å². The average molecular weight is 488 g/mol. The second-order valence-corrected chi connectivity index (χ2v) is 10.2. The first-order valence-corrected chi connectivity index (χ1v) is 11.9. The molecule has 0 saturated carbocycles. The molecule has 0 spiro atoms. The lowest BCUT2D eigenvalue weighted by molar-refractivity contribution is -0.151. The van der Waals surface area contributed by atoms with Gasteiger partial charge in [-0.2, -0.15) is 0 Å². The molecule has 182 valence electrons. The first-order chi connectivity index (χ1) is 16.0. The van der Waals surface area contributed by atoms with Gasteiger partial charge in [0.2, 0.25) is 17.7 Å². The Morgan fingerprint density at radius 3 is 2.21 bits per heavy atom. The van der Waals surface area contributed by atoms with Gasteiger partial charge in [-0.05, 0) is 48.8 Å². The lowest BCUT2D eigenvalue weighted by Gasteiger charge is -2.48. The fourth-order valence-electron chi connectivity index (χ4n) is 4.06. The molecule has 3 rings (SSSR count). The van der Waals surface area contributed by atoms with Gasteiger partial charge in [0.05, 0.1) is 6.42 Å². The molecule has 9 nitrogen and oxygen atoms in total. The molecule has 34 heavy (non-hydrogen) atoms. The van der Waals surface area contributed by atoms with Crippen LogP contribution >= 0.6 is 11.9 Å². The highest BCUT2D eigenvalue weighted by molar-refractivity contribution is 7.98. The smallest absolute Gasteiger partial charge is 0.352 e. The van der Waals surface area contributed by atoms with E-state index in [0.717, 1.165) is 26.7 Å². The van der Waals surface area contributed by atoms with E-state index in [2.05, 4.69) is 5.32 Å². The molecule has 0 aromatic heterocycles. The van der Waals surface area contributed by atoms with Gasteiger partial charge in [0, 0.05) is 12.8 Å². The van der Waals surface area contributed by atoms with E-state index in [9.17, 15) is 29.1 Å². The molecular weight excluding hydrogens is 458 g/mol. The second kappa shape index (κ2) is 10.0. The number of imide groups is 1. The summed E-state index contributed by atoms with van der Waals surface area (Å²) in [6, 6.07) is 7.90. The number of likely N-dealkylation sites (tertiary alicyclic amines) is 1. The molecule has 2 fully saturated rings. The van der Waals surface area contributed by atoms with Crippen LogP contribution in [0.25, 0.3) is 0 Å². The minimum atomic E-state index is -1.30. The number of piperidine rings is 1. The third-order valence-corrected chi connectivity index (χ3v) is 7.48. The number of benzene rings is 1. The molecule has 1 aromatic carbocycles. The van der Waals surface area contributed by atoms with Crippen LogP contribution in [-0.2, 0) is 30.4 Å². The molecule has 0 bridgehead atoms. The number of hydrogen-bond acceptors (Lipinski definition) is 6. The molecule has 2 N–H and O–H groups in total. The van der Waals surface area contributed by atoms with Crippen molar-refractivity contribution < 1.29 is 29.1 Å². The van der Waals surface area contributed by atoms with Crippen LogP contribution in [0.15, 0.2) is 41.6 Å².